The van der Waals surface area contributed by atoms with Crippen LogP contribution in [-0.4, -0.2) is 16.3 Å². The molecular formula is C11H15N3. The van der Waals surface area contributed by atoms with E-state index in [-0.39, 0.29) is 0 Å². The smallest absolute Gasteiger partial charge is 0.0646 e. The van der Waals surface area contributed by atoms with Gasteiger partial charge in [0.2, 0.25) is 0 Å². The Morgan fingerprint density at radius 1 is 1.50 bits per heavy atom. The normalized spacial score (nSPS) is 16.6. The van der Waals surface area contributed by atoms with Gasteiger partial charge in [-0.15, -0.1) is 0 Å². The predicted molar refractivity (Wildman–Crippen MR) is 55.7 cm³/mol. The lowest BCUT2D eigenvalue weighted by Gasteiger charge is -2.07. The van der Waals surface area contributed by atoms with Crippen LogP contribution in [-0.2, 0) is 0 Å². The monoisotopic (exact) mass is 189 g/mol. The quantitative estimate of drug-likeness (QED) is 0.677. The Balaban J connectivity index is 2.08. The number of aromatic nitrogens is 2. The van der Waals surface area contributed by atoms with E-state index in [0.717, 1.165) is 5.56 Å². The van der Waals surface area contributed by atoms with Gasteiger partial charge in [-0.2, -0.15) is 5.10 Å². The first kappa shape index (κ1) is 9.29. The highest BCUT2D eigenvalue weighted by molar-refractivity contribution is 5.30. The summed E-state index contributed by atoms with van der Waals surface area (Å²) in [5.74, 6) is 5.82. The summed E-state index contributed by atoms with van der Waals surface area (Å²) in [6, 6.07) is 0.600. The Morgan fingerprint density at radius 2 is 2.29 bits per heavy atom. The Labute approximate surface area is 84.3 Å². The van der Waals surface area contributed by atoms with E-state index in [1.54, 1.807) is 0 Å². The molecule has 0 radical (unpaired) electrons. The summed E-state index contributed by atoms with van der Waals surface area (Å²) in [5, 5.41) is 4.32. The third-order valence-corrected chi connectivity index (χ3v) is 2.64. The van der Waals surface area contributed by atoms with Crippen LogP contribution in [0.15, 0.2) is 12.4 Å². The number of rotatable bonds is 1. The minimum Gasteiger partial charge on any atom is -0.320 e. The van der Waals surface area contributed by atoms with E-state index in [4.69, 9.17) is 5.73 Å². The number of hydrogen-bond acceptors (Lipinski definition) is 2. The van der Waals surface area contributed by atoms with Crippen molar-refractivity contribution in [1.82, 2.24) is 9.78 Å². The van der Waals surface area contributed by atoms with E-state index < -0.39 is 0 Å². The van der Waals surface area contributed by atoms with E-state index in [1.807, 2.05) is 17.1 Å². The average Bonchev–Trinajstić information content (AvgIpc) is 2.85. The molecule has 1 aliphatic rings. The minimum atomic E-state index is 0.411. The van der Waals surface area contributed by atoms with Gasteiger partial charge in [0.05, 0.1) is 24.3 Å². The zero-order valence-electron chi connectivity index (χ0n) is 8.24. The molecule has 0 spiro atoms. The lowest BCUT2D eigenvalue weighted by Crippen LogP contribution is -2.04. The second-order valence-electron chi connectivity index (χ2n) is 3.65. The molecule has 1 aromatic heterocycles. The first-order valence-electron chi connectivity index (χ1n) is 5.13. The first-order valence-corrected chi connectivity index (χ1v) is 5.13. The van der Waals surface area contributed by atoms with Crippen molar-refractivity contribution in [3.8, 4) is 11.8 Å². The van der Waals surface area contributed by atoms with Crippen molar-refractivity contribution < 1.29 is 0 Å². The topological polar surface area (TPSA) is 43.8 Å². The zero-order valence-corrected chi connectivity index (χ0v) is 8.24. The Hall–Kier alpha value is -1.27. The van der Waals surface area contributed by atoms with Crippen LogP contribution < -0.4 is 5.73 Å². The van der Waals surface area contributed by atoms with Gasteiger partial charge in [-0.1, -0.05) is 24.7 Å². The molecule has 2 N–H and O–H groups in total. The molecule has 0 saturated heterocycles. The molecule has 2 rings (SSSR count). The Bertz CT molecular complexity index is 350. The molecular weight excluding hydrogens is 174 g/mol. The van der Waals surface area contributed by atoms with Gasteiger partial charge in [-0.25, -0.2) is 0 Å². The van der Waals surface area contributed by atoms with Crippen molar-refractivity contribution in [2.24, 2.45) is 5.73 Å². The molecule has 74 valence electrons. The van der Waals surface area contributed by atoms with Gasteiger partial charge in [0.15, 0.2) is 0 Å². The number of nitrogens with two attached hydrogens (primary N) is 1. The largest absolute Gasteiger partial charge is 0.320 e. The van der Waals surface area contributed by atoms with Crippen LogP contribution in [0.1, 0.15) is 37.3 Å². The van der Waals surface area contributed by atoms with Crippen LogP contribution in [0.3, 0.4) is 0 Å². The van der Waals surface area contributed by atoms with Gasteiger partial charge in [0, 0.05) is 6.20 Å². The Morgan fingerprint density at radius 3 is 3.00 bits per heavy atom. The van der Waals surface area contributed by atoms with Gasteiger partial charge in [-0.05, 0) is 12.8 Å². The summed E-state index contributed by atoms with van der Waals surface area (Å²) >= 11 is 0. The van der Waals surface area contributed by atoms with E-state index >= 15 is 0 Å². The molecule has 0 amide bonds. The Kier molecular flexibility index (Phi) is 2.85. The van der Waals surface area contributed by atoms with E-state index in [9.17, 15) is 0 Å². The van der Waals surface area contributed by atoms with Crippen LogP contribution in [0.4, 0.5) is 0 Å². The first-order chi connectivity index (χ1) is 6.90. The van der Waals surface area contributed by atoms with Gasteiger partial charge >= 0.3 is 0 Å². The molecule has 1 saturated carbocycles. The molecule has 1 fully saturated rings. The molecule has 14 heavy (non-hydrogen) atoms. The summed E-state index contributed by atoms with van der Waals surface area (Å²) in [6.07, 6.45) is 9.01. The third kappa shape index (κ3) is 1.97. The molecule has 1 aliphatic carbocycles. The average molecular weight is 189 g/mol. The predicted octanol–water partition coefficient (Wildman–Crippen LogP) is 1.31. The summed E-state index contributed by atoms with van der Waals surface area (Å²) < 4.78 is 2.05. The van der Waals surface area contributed by atoms with Gasteiger partial charge in [0.1, 0.15) is 0 Å². The molecule has 0 bridgehead atoms. The van der Waals surface area contributed by atoms with E-state index in [1.165, 1.54) is 25.7 Å². The molecule has 0 atom stereocenters. The molecule has 0 unspecified atom stereocenters. The fourth-order valence-electron chi connectivity index (χ4n) is 1.92. The van der Waals surface area contributed by atoms with E-state index in [2.05, 4.69) is 16.9 Å². The third-order valence-electron chi connectivity index (χ3n) is 2.64. The van der Waals surface area contributed by atoms with Crippen molar-refractivity contribution in [3.05, 3.63) is 18.0 Å². The molecule has 0 aromatic carbocycles. The highest BCUT2D eigenvalue weighted by atomic mass is 15.3. The zero-order chi connectivity index (χ0) is 9.80. The maximum atomic E-state index is 5.30. The number of nitrogens with zero attached hydrogens (tertiary/aromatic N) is 2. The standard InChI is InChI=1S/C11H15N3/c12-7-3-4-10-8-13-14(9-10)11-5-1-2-6-11/h8-9,11H,1-2,5-7,12H2. The van der Waals surface area contributed by atoms with Crippen LogP contribution in [0.25, 0.3) is 0 Å². The number of hydrogen-bond donors (Lipinski definition) is 1. The molecule has 1 heterocycles. The lowest BCUT2D eigenvalue weighted by molar-refractivity contribution is 0.467. The van der Waals surface area contributed by atoms with Crippen LogP contribution in [0, 0.1) is 11.8 Å². The van der Waals surface area contributed by atoms with Crippen molar-refractivity contribution >= 4 is 0 Å². The second-order valence-corrected chi connectivity index (χ2v) is 3.65. The summed E-state index contributed by atoms with van der Waals surface area (Å²) in [6.45, 7) is 0.411. The van der Waals surface area contributed by atoms with Crippen molar-refractivity contribution in [2.75, 3.05) is 6.54 Å². The van der Waals surface area contributed by atoms with Crippen molar-refractivity contribution in [2.45, 2.75) is 31.7 Å². The van der Waals surface area contributed by atoms with Gasteiger partial charge in [-0.3, -0.25) is 4.68 Å². The van der Waals surface area contributed by atoms with Crippen molar-refractivity contribution in [1.29, 1.82) is 0 Å². The van der Waals surface area contributed by atoms with Crippen LogP contribution in [0.5, 0.6) is 0 Å². The highest BCUT2D eigenvalue weighted by Gasteiger charge is 2.16. The summed E-state index contributed by atoms with van der Waals surface area (Å²) in [5.41, 5.74) is 6.28. The molecule has 3 nitrogen and oxygen atoms in total. The van der Waals surface area contributed by atoms with Crippen molar-refractivity contribution in [3.63, 3.8) is 0 Å². The molecule has 0 aliphatic heterocycles. The summed E-state index contributed by atoms with van der Waals surface area (Å²) in [4.78, 5) is 0. The van der Waals surface area contributed by atoms with Gasteiger partial charge < -0.3 is 5.73 Å². The lowest BCUT2D eigenvalue weighted by atomic mass is 10.2. The summed E-state index contributed by atoms with van der Waals surface area (Å²) in [7, 11) is 0. The minimum absolute atomic E-state index is 0.411. The SMILES string of the molecule is NCC#Cc1cnn(C2CCCC2)c1. The van der Waals surface area contributed by atoms with Crippen LogP contribution >= 0.6 is 0 Å². The van der Waals surface area contributed by atoms with Crippen LogP contribution in [0.2, 0.25) is 0 Å². The molecule has 1 aromatic rings. The maximum Gasteiger partial charge on any atom is 0.0646 e. The fourth-order valence-corrected chi connectivity index (χ4v) is 1.92. The second kappa shape index (κ2) is 4.30. The highest BCUT2D eigenvalue weighted by Crippen LogP contribution is 2.28. The van der Waals surface area contributed by atoms with E-state index in [0.29, 0.717) is 12.6 Å². The fraction of sp³-hybridized carbons (Fsp3) is 0.545. The van der Waals surface area contributed by atoms with Gasteiger partial charge in [0.25, 0.3) is 0 Å². The molecule has 3 heteroatoms. The maximum absolute atomic E-state index is 5.30.